The summed E-state index contributed by atoms with van der Waals surface area (Å²) in [5, 5.41) is 0.842. The molecule has 0 spiro atoms. The molecule has 3 nitrogen and oxygen atoms in total. The van der Waals surface area contributed by atoms with Crippen LogP contribution in [-0.4, -0.2) is 25.2 Å². The number of hydrogen-bond acceptors (Lipinski definition) is 3. The van der Waals surface area contributed by atoms with Gasteiger partial charge in [0.1, 0.15) is 0 Å². The van der Waals surface area contributed by atoms with Crippen LogP contribution < -0.4 is 9.47 Å². The third-order valence-electron chi connectivity index (χ3n) is 5.15. The molecule has 0 saturated carbocycles. The molecule has 2 aromatic carbocycles. The molecule has 2 aromatic rings. The van der Waals surface area contributed by atoms with Gasteiger partial charge in [0.15, 0.2) is 11.5 Å². The van der Waals surface area contributed by atoms with E-state index in [1.165, 1.54) is 16.7 Å². The van der Waals surface area contributed by atoms with Crippen LogP contribution in [0.1, 0.15) is 35.6 Å². The van der Waals surface area contributed by atoms with E-state index in [-0.39, 0.29) is 0 Å². The Balaban J connectivity index is 1.63. The molecule has 3 rings (SSSR count). The number of benzene rings is 2. The first kappa shape index (κ1) is 18.1. The first-order valence-electron chi connectivity index (χ1n) is 8.74. The minimum absolute atomic E-state index is 0.514. The van der Waals surface area contributed by atoms with Crippen molar-refractivity contribution in [2.24, 2.45) is 0 Å². The van der Waals surface area contributed by atoms with Crippen LogP contribution in [0.25, 0.3) is 0 Å². The Labute approximate surface area is 155 Å². The molecule has 0 amide bonds. The average Bonchev–Trinajstić information content (AvgIpc) is 3.04. The predicted molar refractivity (Wildman–Crippen MR) is 103 cm³/mol. The third-order valence-corrected chi connectivity index (χ3v) is 5.57. The summed E-state index contributed by atoms with van der Waals surface area (Å²) in [7, 11) is 3.38. The average molecular weight is 360 g/mol. The van der Waals surface area contributed by atoms with Gasteiger partial charge in [-0.15, -0.1) is 0 Å². The summed E-state index contributed by atoms with van der Waals surface area (Å²) in [6, 6.07) is 11.1. The van der Waals surface area contributed by atoms with E-state index >= 15 is 0 Å². The van der Waals surface area contributed by atoms with Gasteiger partial charge in [0.25, 0.3) is 0 Å². The number of hydrogen-bond donors (Lipinski definition) is 0. The second-order valence-electron chi connectivity index (χ2n) is 6.85. The molecule has 1 aliphatic heterocycles. The van der Waals surface area contributed by atoms with Crippen LogP contribution in [0.3, 0.4) is 0 Å². The molecule has 0 aromatic heterocycles. The highest BCUT2D eigenvalue weighted by atomic mass is 35.5. The third kappa shape index (κ3) is 3.94. The quantitative estimate of drug-likeness (QED) is 0.724. The van der Waals surface area contributed by atoms with Crippen LogP contribution in [0.5, 0.6) is 11.5 Å². The van der Waals surface area contributed by atoms with Gasteiger partial charge >= 0.3 is 0 Å². The summed E-state index contributed by atoms with van der Waals surface area (Å²) < 4.78 is 10.9. The topological polar surface area (TPSA) is 21.7 Å². The zero-order valence-corrected chi connectivity index (χ0v) is 16.2. The highest BCUT2D eigenvalue weighted by molar-refractivity contribution is 6.31. The maximum atomic E-state index is 6.12. The number of nitrogens with zero attached hydrogens (tertiary/aromatic N) is 1. The molecule has 0 radical (unpaired) electrons. The number of methoxy groups -OCH3 is 2. The normalized spacial score (nSPS) is 15.1. The molecule has 25 heavy (non-hydrogen) atoms. The number of ether oxygens (including phenoxy) is 2. The lowest BCUT2D eigenvalue weighted by Gasteiger charge is -2.23. The van der Waals surface area contributed by atoms with Crippen molar-refractivity contribution in [2.45, 2.75) is 45.8 Å². The molecular weight excluding hydrogens is 334 g/mol. The summed E-state index contributed by atoms with van der Waals surface area (Å²) in [6.07, 6.45) is 2.20. The summed E-state index contributed by atoms with van der Waals surface area (Å²) in [5.74, 6) is 1.62. The minimum atomic E-state index is 0.514. The van der Waals surface area contributed by atoms with Gasteiger partial charge in [0.05, 0.1) is 14.2 Å². The summed E-state index contributed by atoms with van der Waals surface area (Å²) in [6.45, 7) is 6.31. The molecular formula is C21H26ClNO2. The van der Waals surface area contributed by atoms with E-state index in [1.54, 1.807) is 14.2 Å². The molecule has 0 N–H and O–H groups in total. The highest BCUT2D eigenvalue weighted by Crippen LogP contribution is 2.36. The van der Waals surface area contributed by atoms with E-state index in [4.69, 9.17) is 21.1 Å². The fraction of sp³-hybridized carbons (Fsp3) is 0.429. The molecule has 1 unspecified atom stereocenters. The first-order chi connectivity index (χ1) is 12.0. The van der Waals surface area contributed by atoms with Crippen LogP contribution in [0.4, 0.5) is 0 Å². The maximum absolute atomic E-state index is 6.12. The highest BCUT2D eigenvalue weighted by Gasteiger charge is 2.25. The van der Waals surface area contributed by atoms with Gasteiger partial charge < -0.3 is 9.47 Å². The Kier molecular flexibility index (Phi) is 5.55. The zero-order valence-electron chi connectivity index (χ0n) is 15.4. The van der Waals surface area contributed by atoms with E-state index in [1.807, 2.05) is 6.07 Å². The van der Waals surface area contributed by atoms with Crippen molar-refractivity contribution in [3.63, 3.8) is 0 Å². The fourth-order valence-corrected chi connectivity index (χ4v) is 3.60. The summed E-state index contributed by atoms with van der Waals surface area (Å²) >= 11 is 6.12. The monoisotopic (exact) mass is 359 g/mol. The van der Waals surface area contributed by atoms with E-state index in [0.29, 0.717) is 6.04 Å². The van der Waals surface area contributed by atoms with E-state index in [2.05, 4.69) is 43.0 Å². The number of halogens is 1. The molecule has 0 saturated heterocycles. The van der Waals surface area contributed by atoms with Gasteiger partial charge in [-0.3, -0.25) is 4.90 Å². The molecule has 1 heterocycles. The van der Waals surface area contributed by atoms with Crippen LogP contribution in [0.2, 0.25) is 5.02 Å². The smallest absolute Gasteiger partial charge is 0.161 e. The van der Waals surface area contributed by atoms with Crippen LogP contribution in [-0.2, 0) is 19.5 Å². The zero-order chi connectivity index (χ0) is 18.0. The molecule has 0 aliphatic carbocycles. The molecule has 1 atom stereocenters. The fourth-order valence-electron chi connectivity index (χ4n) is 3.48. The summed E-state index contributed by atoms with van der Waals surface area (Å²) in [4.78, 5) is 2.52. The SMILES string of the molecule is COc1cc2c(cc1OC)CN(C(C)CCc1ccc(Cl)c(C)c1)C2. The van der Waals surface area contributed by atoms with Gasteiger partial charge in [-0.1, -0.05) is 23.7 Å². The van der Waals surface area contributed by atoms with Gasteiger partial charge in [0.2, 0.25) is 0 Å². The first-order valence-corrected chi connectivity index (χ1v) is 9.12. The van der Waals surface area contributed by atoms with Crippen molar-refractivity contribution >= 4 is 11.6 Å². The lowest BCUT2D eigenvalue weighted by Crippen LogP contribution is -2.28. The van der Waals surface area contributed by atoms with E-state index < -0.39 is 0 Å². The Morgan fingerprint density at radius 2 is 1.64 bits per heavy atom. The van der Waals surface area contributed by atoms with Gasteiger partial charge in [-0.25, -0.2) is 0 Å². The Morgan fingerprint density at radius 1 is 1.04 bits per heavy atom. The van der Waals surface area contributed by atoms with Gasteiger partial charge in [-0.05, 0) is 67.1 Å². The van der Waals surface area contributed by atoms with E-state index in [9.17, 15) is 0 Å². The standard InChI is InChI=1S/C21H26ClNO2/c1-14-9-16(7-8-19(14)22)6-5-15(2)23-12-17-10-20(24-3)21(25-4)11-18(17)13-23/h7-11,15H,5-6,12-13H2,1-4H3. The van der Waals surface area contributed by atoms with Crippen LogP contribution in [0.15, 0.2) is 30.3 Å². The minimum Gasteiger partial charge on any atom is -0.493 e. The number of fused-ring (bicyclic) bond motifs is 1. The number of rotatable bonds is 6. The summed E-state index contributed by atoms with van der Waals surface area (Å²) in [5.41, 5.74) is 5.19. The predicted octanol–water partition coefficient (Wildman–Crippen LogP) is 5.00. The Morgan fingerprint density at radius 3 is 2.16 bits per heavy atom. The van der Waals surface area contributed by atoms with Crippen molar-refractivity contribution in [3.05, 3.63) is 57.6 Å². The molecule has 1 aliphatic rings. The van der Waals surface area contributed by atoms with E-state index in [0.717, 1.165) is 48.0 Å². The molecule has 134 valence electrons. The Hall–Kier alpha value is -1.71. The lowest BCUT2D eigenvalue weighted by molar-refractivity contribution is 0.203. The van der Waals surface area contributed by atoms with Gasteiger partial charge in [0, 0.05) is 24.2 Å². The second-order valence-corrected chi connectivity index (χ2v) is 7.26. The van der Waals surface area contributed by atoms with Crippen LogP contribution >= 0.6 is 11.6 Å². The van der Waals surface area contributed by atoms with Gasteiger partial charge in [-0.2, -0.15) is 0 Å². The van der Waals surface area contributed by atoms with Crippen LogP contribution in [0, 0.1) is 6.92 Å². The van der Waals surface area contributed by atoms with Crippen molar-refractivity contribution < 1.29 is 9.47 Å². The Bertz CT molecular complexity index is 727. The van der Waals surface area contributed by atoms with Crippen molar-refractivity contribution in [3.8, 4) is 11.5 Å². The van der Waals surface area contributed by atoms with Crippen molar-refractivity contribution in [1.29, 1.82) is 0 Å². The maximum Gasteiger partial charge on any atom is 0.161 e. The molecule has 0 fully saturated rings. The second kappa shape index (κ2) is 7.67. The largest absolute Gasteiger partial charge is 0.493 e. The molecule has 4 heteroatoms. The lowest BCUT2D eigenvalue weighted by atomic mass is 10.0. The number of aryl methyl sites for hydroxylation is 2. The van der Waals surface area contributed by atoms with Crippen molar-refractivity contribution in [1.82, 2.24) is 4.90 Å². The molecule has 0 bridgehead atoms. The van der Waals surface area contributed by atoms with Crippen molar-refractivity contribution in [2.75, 3.05) is 14.2 Å².